The zero-order valence-corrected chi connectivity index (χ0v) is 10.9. The van der Waals surface area contributed by atoms with Crippen LogP contribution in [0.15, 0.2) is 24.3 Å². The van der Waals surface area contributed by atoms with Gasteiger partial charge in [0.05, 0.1) is 12.1 Å². The molecule has 1 fully saturated rings. The highest BCUT2D eigenvalue weighted by Gasteiger charge is 2.31. The molecule has 0 saturated heterocycles. The topological polar surface area (TPSA) is 61.4 Å². The van der Waals surface area contributed by atoms with Crippen molar-refractivity contribution in [3.63, 3.8) is 0 Å². The van der Waals surface area contributed by atoms with Gasteiger partial charge in [-0.3, -0.25) is 0 Å². The fourth-order valence-electron chi connectivity index (χ4n) is 2.74. The molecule has 1 saturated carbocycles. The molecule has 102 valence electrons. The minimum Gasteiger partial charge on any atom is -0.390 e. The van der Waals surface area contributed by atoms with E-state index in [1.165, 1.54) is 12.8 Å². The molecule has 0 radical (unpaired) electrons. The van der Waals surface area contributed by atoms with Gasteiger partial charge in [0, 0.05) is 13.0 Å². The number of hydrogen-bond acceptors (Lipinski definition) is 2. The summed E-state index contributed by atoms with van der Waals surface area (Å²) in [5.41, 5.74) is 2.16. The lowest BCUT2D eigenvalue weighted by atomic mass is 10.1. The maximum absolute atomic E-state index is 11.8. The van der Waals surface area contributed by atoms with Gasteiger partial charge in [0.25, 0.3) is 0 Å². The number of rotatable bonds is 4. The highest BCUT2D eigenvalue weighted by atomic mass is 16.3. The number of aliphatic hydroxyl groups excluding tert-OH is 1. The highest BCUT2D eigenvalue weighted by molar-refractivity contribution is 5.74. The van der Waals surface area contributed by atoms with Crippen molar-refractivity contribution >= 4 is 6.03 Å². The number of benzene rings is 1. The second-order valence-electron chi connectivity index (χ2n) is 5.58. The van der Waals surface area contributed by atoms with E-state index in [4.69, 9.17) is 0 Å². The average Bonchev–Trinajstić information content (AvgIpc) is 3.16. The predicted molar refractivity (Wildman–Crippen MR) is 72.8 cm³/mol. The summed E-state index contributed by atoms with van der Waals surface area (Å²) in [6, 6.07) is 7.42. The molecule has 1 aromatic rings. The fourth-order valence-corrected chi connectivity index (χ4v) is 2.74. The first-order chi connectivity index (χ1) is 9.24. The SMILES string of the molecule is O=C(NCCC1CC1)NC1c2ccccc2CC1O. The van der Waals surface area contributed by atoms with Gasteiger partial charge in [-0.25, -0.2) is 4.79 Å². The number of hydrogen-bond donors (Lipinski definition) is 3. The lowest BCUT2D eigenvalue weighted by Crippen LogP contribution is -2.41. The number of fused-ring (bicyclic) bond motifs is 1. The molecule has 0 spiro atoms. The molecule has 0 aliphatic heterocycles. The van der Waals surface area contributed by atoms with E-state index in [-0.39, 0.29) is 12.1 Å². The Morgan fingerprint density at radius 3 is 2.89 bits per heavy atom. The maximum Gasteiger partial charge on any atom is 0.315 e. The van der Waals surface area contributed by atoms with E-state index in [9.17, 15) is 9.90 Å². The van der Waals surface area contributed by atoms with Gasteiger partial charge in [-0.1, -0.05) is 37.1 Å². The van der Waals surface area contributed by atoms with Gasteiger partial charge in [0.2, 0.25) is 0 Å². The fraction of sp³-hybridized carbons (Fsp3) is 0.533. The molecule has 1 aromatic carbocycles. The van der Waals surface area contributed by atoms with Crippen LogP contribution in [0.1, 0.15) is 36.4 Å². The van der Waals surface area contributed by atoms with Crippen molar-refractivity contribution in [3.8, 4) is 0 Å². The van der Waals surface area contributed by atoms with Crippen LogP contribution in [0, 0.1) is 5.92 Å². The first-order valence-corrected chi connectivity index (χ1v) is 7.04. The van der Waals surface area contributed by atoms with Crippen molar-refractivity contribution in [3.05, 3.63) is 35.4 Å². The van der Waals surface area contributed by atoms with E-state index in [2.05, 4.69) is 10.6 Å². The number of urea groups is 1. The standard InChI is InChI=1S/C15H20N2O2/c18-13-9-11-3-1-2-4-12(11)14(13)17-15(19)16-8-7-10-5-6-10/h1-4,10,13-14,18H,5-9H2,(H2,16,17,19). The van der Waals surface area contributed by atoms with Crippen molar-refractivity contribution < 1.29 is 9.90 Å². The number of carbonyl (C=O) groups is 1. The quantitative estimate of drug-likeness (QED) is 0.772. The largest absolute Gasteiger partial charge is 0.390 e. The Morgan fingerprint density at radius 1 is 1.32 bits per heavy atom. The Morgan fingerprint density at radius 2 is 2.11 bits per heavy atom. The third kappa shape index (κ3) is 2.89. The van der Waals surface area contributed by atoms with Crippen LogP contribution >= 0.6 is 0 Å². The van der Waals surface area contributed by atoms with Crippen LogP contribution in [-0.2, 0) is 6.42 Å². The first kappa shape index (κ1) is 12.5. The molecule has 2 atom stereocenters. The summed E-state index contributed by atoms with van der Waals surface area (Å²) in [5.74, 6) is 0.818. The van der Waals surface area contributed by atoms with Gasteiger partial charge in [0.1, 0.15) is 0 Å². The molecule has 2 unspecified atom stereocenters. The molecule has 2 aliphatic carbocycles. The Balaban J connectivity index is 1.55. The Labute approximate surface area is 113 Å². The summed E-state index contributed by atoms with van der Waals surface area (Å²) in [6.07, 6.45) is 3.77. The van der Waals surface area contributed by atoms with Crippen molar-refractivity contribution in [2.75, 3.05) is 6.54 Å². The van der Waals surface area contributed by atoms with Crippen LogP contribution in [0.25, 0.3) is 0 Å². The monoisotopic (exact) mass is 260 g/mol. The van der Waals surface area contributed by atoms with Gasteiger partial charge in [-0.15, -0.1) is 0 Å². The number of amides is 2. The third-order valence-corrected chi connectivity index (χ3v) is 4.03. The third-order valence-electron chi connectivity index (χ3n) is 4.03. The zero-order chi connectivity index (χ0) is 13.2. The maximum atomic E-state index is 11.8. The Kier molecular flexibility index (Phi) is 3.42. The van der Waals surface area contributed by atoms with E-state index >= 15 is 0 Å². The summed E-state index contributed by atoms with van der Waals surface area (Å²) in [4.78, 5) is 11.8. The zero-order valence-electron chi connectivity index (χ0n) is 10.9. The molecule has 4 heteroatoms. The Hall–Kier alpha value is -1.55. The summed E-state index contributed by atoms with van der Waals surface area (Å²) >= 11 is 0. The number of nitrogens with one attached hydrogen (secondary N) is 2. The normalized spacial score (nSPS) is 24.9. The molecule has 3 rings (SSSR count). The molecule has 3 N–H and O–H groups in total. The summed E-state index contributed by atoms with van der Waals surface area (Å²) in [5, 5.41) is 15.8. The van der Waals surface area contributed by atoms with Crippen LogP contribution in [0.4, 0.5) is 4.79 Å². The van der Waals surface area contributed by atoms with Crippen molar-refractivity contribution in [2.45, 2.75) is 37.8 Å². The average molecular weight is 260 g/mol. The highest BCUT2D eigenvalue weighted by Crippen LogP contribution is 2.32. The number of carbonyl (C=O) groups excluding carboxylic acids is 1. The van der Waals surface area contributed by atoms with Crippen molar-refractivity contribution in [1.29, 1.82) is 0 Å². The smallest absolute Gasteiger partial charge is 0.315 e. The van der Waals surface area contributed by atoms with Gasteiger partial charge < -0.3 is 15.7 Å². The van der Waals surface area contributed by atoms with Crippen LogP contribution in [0.3, 0.4) is 0 Å². The molecule has 4 nitrogen and oxygen atoms in total. The van der Waals surface area contributed by atoms with Crippen LogP contribution in [-0.4, -0.2) is 23.8 Å². The summed E-state index contributed by atoms with van der Waals surface area (Å²) in [6.45, 7) is 0.723. The molecular weight excluding hydrogens is 240 g/mol. The first-order valence-electron chi connectivity index (χ1n) is 7.04. The minimum atomic E-state index is -0.522. The van der Waals surface area contributed by atoms with E-state index in [0.29, 0.717) is 6.42 Å². The van der Waals surface area contributed by atoms with Crippen LogP contribution < -0.4 is 10.6 Å². The van der Waals surface area contributed by atoms with Gasteiger partial charge in [-0.05, 0) is 23.5 Å². The second kappa shape index (κ2) is 5.21. The Bertz CT molecular complexity index is 471. The lowest BCUT2D eigenvalue weighted by Gasteiger charge is -2.18. The van der Waals surface area contributed by atoms with E-state index in [1.807, 2.05) is 24.3 Å². The molecular formula is C15H20N2O2. The molecule has 19 heavy (non-hydrogen) atoms. The van der Waals surface area contributed by atoms with Crippen LogP contribution in [0.5, 0.6) is 0 Å². The van der Waals surface area contributed by atoms with Gasteiger partial charge in [0.15, 0.2) is 0 Å². The predicted octanol–water partition coefficient (Wildman–Crippen LogP) is 1.74. The molecule has 2 aliphatic rings. The molecule has 0 aromatic heterocycles. The van der Waals surface area contributed by atoms with E-state index in [0.717, 1.165) is 30.0 Å². The van der Waals surface area contributed by atoms with Gasteiger partial charge >= 0.3 is 6.03 Å². The summed E-state index contributed by atoms with van der Waals surface area (Å²) < 4.78 is 0. The van der Waals surface area contributed by atoms with Crippen molar-refractivity contribution in [2.24, 2.45) is 5.92 Å². The van der Waals surface area contributed by atoms with Crippen LogP contribution in [0.2, 0.25) is 0 Å². The lowest BCUT2D eigenvalue weighted by molar-refractivity contribution is 0.142. The minimum absolute atomic E-state index is 0.179. The number of aliphatic hydroxyl groups is 1. The van der Waals surface area contributed by atoms with E-state index < -0.39 is 6.10 Å². The van der Waals surface area contributed by atoms with Gasteiger partial charge in [-0.2, -0.15) is 0 Å². The molecule has 0 bridgehead atoms. The summed E-state index contributed by atoms with van der Waals surface area (Å²) in [7, 11) is 0. The second-order valence-corrected chi connectivity index (χ2v) is 5.58. The van der Waals surface area contributed by atoms with E-state index in [1.54, 1.807) is 0 Å². The molecule has 0 heterocycles. The molecule has 2 amide bonds. The van der Waals surface area contributed by atoms with Crippen molar-refractivity contribution in [1.82, 2.24) is 10.6 Å².